The number of rotatable bonds is 5. The van der Waals surface area contributed by atoms with Gasteiger partial charge in [0.25, 0.3) is 21.9 Å². The van der Waals surface area contributed by atoms with E-state index in [-0.39, 0.29) is 19.6 Å². The van der Waals surface area contributed by atoms with E-state index in [1.54, 1.807) is 6.08 Å². The number of hydrazine groups is 1. The fourth-order valence-electron chi connectivity index (χ4n) is 2.57. The molecule has 0 bridgehead atoms. The third-order valence-corrected chi connectivity index (χ3v) is 4.44. The molecule has 0 aromatic heterocycles. The number of nitrogens with zero attached hydrogens (tertiary/aromatic N) is 2. The number of amides is 2. The van der Waals surface area contributed by atoms with E-state index < -0.39 is 39.4 Å². The minimum Gasteiger partial charge on any atom is -0.467 e. The summed E-state index contributed by atoms with van der Waals surface area (Å²) in [5.41, 5.74) is -1.48. The SMILES string of the molecule is COC(=O)C1C=CCN2C(=O)C(C)(CCOS(C)(=O)=O)C(=O)N12. The fraction of sp³-hybridized carbons (Fsp3) is 0.615. The van der Waals surface area contributed by atoms with Gasteiger partial charge in [0.05, 0.1) is 26.5 Å². The second kappa shape index (κ2) is 5.93. The van der Waals surface area contributed by atoms with E-state index in [9.17, 15) is 22.8 Å². The van der Waals surface area contributed by atoms with Gasteiger partial charge in [-0.3, -0.25) is 13.8 Å². The van der Waals surface area contributed by atoms with Crippen LogP contribution < -0.4 is 0 Å². The van der Waals surface area contributed by atoms with Crippen LogP contribution in [0.25, 0.3) is 0 Å². The van der Waals surface area contributed by atoms with Crippen molar-refractivity contribution in [2.45, 2.75) is 19.4 Å². The average Bonchev–Trinajstić information content (AvgIpc) is 2.67. The van der Waals surface area contributed by atoms with Crippen molar-refractivity contribution in [1.29, 1.82) is 0 Å². The number of carbonyl (C=O) groups excluding carboxylic acids is 3. The number of methoxy groups -OCH3 is 1. The molecule has 0 spiro atoms. The molecular formula is C13H18N2O7S. The molecule has 0 aliphatic carbocycles. The molecule has 10 heteroatoms. The third-order valence-electron chi connectivity index (χ3n) is 3.85. The fourth-order valence-corrected chi connectivity index (χ4v) is 2.95. The summed E-state index contributed by atoms with van der Waals surface area (Å²) in [6.07, 6.45) is 3.87. The van der Waals surface area contributed by atoms with E-state index in [4.69, 9.17) is 0 Å². The lowest BCUT2D eigenvalue weighted by atomic mass is 9.86. The lowest BCUT2D eigenvalue weighted by Gasteiger charge is -2.33. The Hall–Kier alpha value is -1.94. The average molecular weight is 346 g/mol. The number of fused-ring (bicyclic) bond motifs is 1. The second-order valence-corrected chi connectivity index (χ2v) is 7.19. The largest absolute Gasteiger partial charge is 0.467 e. The molecule has 1 saturated heterocycles. The Morgan fingerprint density at radius 1 is 1.39 bits per heavy atom. The lowest BCUT2D eigenvalue weighted by Crippen LogP contribution is -2.52. The Bertz CT molecular complexity index is 672. The van der Waals surface area contributed by atoms with Crippen molar-refractivity contribution < 1.29 is 31.7 Å². The van der Waals surface area contributed by atoms with Crippen molar-refractivity contribution in [1.82, 2.24) is 10.0 Å². The first kappa shape index (κ1) is 17.4. The zero-order valence-corrected chi connectivity index (χ0v) is 13.8. The first-order chi connectivity index (χ1) is 10.6. The Kier molecular flexibility index (Phi) is 4.49. The highest BCUT2D eigenvalue weighted by atomic mass is 32.2. The molecule has 9 nitrogen and oxygen atoms in total. The van der Waals surface area contributed by atoms with E-state index in [0.717, 1.165) is 11.3 Å². The van der Waals surface area contributed by atoms with Crippen LogP contribution in [0.3, 0.4) is 0 Å². The van der Waals surface area contributed by atoms with Crippen LogP contribution in [0.4, 0.5) is 0 Å². The smallest absolute Gasteiger partial charge is 0.334 e. The predicted octanol–water partition coefficient (Wildman–Crippen LogP) is -0.944. The van der Waals surface area contributed by atoms with Crippen molar-refractivity contribution in [3.05, 3.63) is 12.2 Å². The van der Waals surface area contributed by atoms with Gasteiger partial charge in [0.1, 0.15) is 5.41 Å². The molecule has 2 aliphatic rings. The van der Waals surface area contributed by atoms with Gasteiger partial charge < -0.3 is 4.74 Å². The van der Waals surface area contributed by atoms with Crippen molar-refractivity contribution in [3.8, 4) is 0 Å². The molecule has 0 aromatic rings. The van der Waals surface area contributed by atoms with Gasteiger partial charge >= 0.3 is 5.97 Å². The molecule has 0 aromatic carbocycles. The number of ether oxygens (including phenoxy) is 1. The lowest BCUT2D eigenvalue weighted by molar-refractivity contribution is -0.163. The Morgan fingerprint density at radius 2 is 2.04 bits per heavy atom. The van der Waals surface area contributed by atoms with Gasteiger partial charge in [0.2, 0.25) is 0 Å². The van der Waals surface area contributed by atoms with Gasteiger partial charge in [-0.1, -0.05) is 12.2 Å². The van der Waals surface area contributed by atoms with Crippen molar-refractivity contribution in [2.75, 3.05) is 26.5 Å². The second-order valence-electron chi connectivity index (χ2n) is 5.54. The van der Waals surface area contributed by atoms with Crippen LogP contribution in [0.1, 0.15) is 13.3 Å². The summed E-state index contributed by atoms with van der Waals surface area (Å²) in [5.74, 6) is -1.75. The van der Waals surface area contributed by atoms with Crippen LogP contribution in [0, 0.1) is 5.41 Å². The highest BCUT2D eigenvalue weighted by Crippen LogP contribution is 2.37. The maximum atomic E-state index is 12.7. The number of esters is 1. The van der Waals surface area contributed by atoms with Crippen molar-refractivity contribution in [2.24, 2.45) is 5.41 Å². The van der Waals surface area contributed by atoms with Gasteiger partial charge in [0, 0.05) is 0 Å². The van der Waals surface area contributed by atoms with E-state index in [1.165, 1.54) is 25.1 Å². The first-order valence-electron chi connectivity index (χ1n) is 6.86. The molecule has 2 amide bonds. The molecule has 2 rings (SSSR count). The van der Waals surface area contributed by atoms with E-state index >= 15 is 0 Å². The summed E-state index contributed by atoms with van der Waals surface area (Å²) in [5, 5.41) is 2.24. The Morgan fingerprint density at radius 3 is 2.61 bits per heavy atom. The molecule has 2 heterocycles. The summed E-state index contributed by atoms with van der Waals surface area (Å²) in [6.45, 7) is 1.27. The Labute approximate surface area is 133 Å². The zero-order chi connectivity index (χ0) is 17.4. The summed E-state index contributed by atoms with van der Waals surface area (Å²) < 4.78 is 31.3. The van der Waals surface area contributed by atoms with Gasteiger partial charge in [-0.25, -0.2) is 14.8 Å². The predicted molar refractivity (Wildman–Crippen MR) is 77.0 cm³/mol. The monoisotopic (exact) mass is 346 g/mol. The molecule has 0 radical (unpaired) electrons. The quantitative estimate of drug-likeness (QED) is 0.273. The highest BCUT2D eigenvalue weighted by molar-refractivity contribution is 7.85. The number of carbonyl (C=O) groups is 3. The van der Waals surface area contributed by atoms with Crippen molar-refractivity contribution in [3.63, 3.8) is 0 Å². The molecule has 23 heavy (non-hydrogen) atoms. The molecule has 0 saturated carbocycles. The van der Waals surface area contributed by atoms with Gasteiger partial charge in [-0.2, -0.15) is 8.42 Å². The summed E-state index contributed by atoms with van der Waals surface area (Å²) in [6, 6.07) is -1.01. The maximum Gasteiger partial charge on any atom is 0.334 e. The normalized spacial score (nSPS) is 27.3. The maximum absolute atomic E-state index is 12.7. The third kappa shape index (κ3) is 3.08. The molecule has 2 unspecified atom stereocenters. The van der Waals surface area contributed by atoms with Gasteiger partial charge in [0.15, 0.2) is 6.04 Å². The van der Waals surface area contributed by atoms with Crippen LogP contribution >= 0.6 is 0 Å². The van der Waals surface area contributed by atoms with Crippen LogP contribution in [0.5, 0.6) is 0 Å². The molecular weight excluding hydrogens is 328 g/mol. The minimum atomic E-state index is -3.67. The molecule has 0 N–H and O–H groups in total. The van der Waals surface area contributed by atoms with E-state index in [0.29, 0.717) is 0 Å². The summed E-state index contributed by atoms with van der Waals surface area (Å²) in [4.78, 5) is 37.0. The Balaban J connectivity index is 2.23. The van der Waals surface area contributed by atoms with E-state index in [2.05, 4.69) is 8.92 Å². The van der Waals surface area contributed by atoms with Crippen LogP contribution in [-0.2, 0) is 33.4 Å². The van der Waals surface area contributed by atoms with Crippen LogP contribution in [0.15, 0.2) is 12.2 Å². The molecule has 1 fully saturated rings. The minimum absolute atomic E-state index is 0.112. The van der Waals surface area contributed by atoms with E-state index in [1.807, 2.05) is 0 Å². The topological polar surface area (TPSA) is 110 Å². The summed E-state index contributed by atoms with van der Waals surface area (Å²) in [7, 11) is -2.48. The van der Waals surface area contributed by atoms with Crippen LogP contribution in [-0.4, -0.2) is 68.8 Å². The molecule has 2 aliphatic heterocycles. The first-order valence-corrected chi connectivity index (χ1v) is 8.68. The molecule has 128 valence electrons. The van der Waals surface area contributed by atoms with Gasteiger partial charge in [-0.05, 0) is 13.3 Å². The summed E-state index contributed by atoms with van der Waals surface area (Å²) >= 11 is 0. The van der Waals surface area contributed by atoms with Crippen LogP contribution in [0.2, 0.25) is 0 Å². The van der Waals surface area contributed by atoms with Crippen molar-refractivity contribution >= 4 is 27.9 Å². The number of hydrogen-bond acceptors (Lipinski definition) is 7. The van der Waals surface area contributed by atoms with Gasteiger partial charge in [-0.15, -0.1) is 0 Å². The standard InChI is InChI=1S/C13H18N2O7S/c1-13(6-8-22-23(3,19)20)11(17)14-7-4-5-9(10(16)21-2)15(14)12(13)18/h4-5,9H,6-8H2,1-3H3. The molecule has 2 atom stereocenters. The highest BCUT2D eigenvalue weighted by Gasteiger charge is 2.58. The zero-order valence-electron chi connectivity index (χ0n) is 13.0. The number of hydrogen-bond donors (Lipinski definition) is 0.